The standard InChI is InChI=1S/C20H26N4O5S2/c1-29-17-10-14-30-18(17)19(25)21-11-9-15-5-7-16(8-6-15)31(27,28)23-20(26)22-24-12-3-2-4-13-24/h5-8,10,14H,2-4,9,11-13H2,1H3,(H,21,25)(H2,22,23,26). The molecule has 3 amide bonds. The number of nitrogens with one attached hydrogen (secondary N) is 3. The molecular formula is C20H26N4O5S2. The minimum Gasteiger partial charge on any atom is -0.495 e. The van der Waals surface area contributed by atoms with Crippen molar-refractivity contribution >= 4 is 33.3 Å². The van der Waals surface area contributed by atoms with Gasteiger partial charge in [-0.2, -0.15) is 0 Å². The largest absolute Gasteiger partial charge is 0.495 e. The van der Waals surface area contributed by atoms with Crippen LogP contribution in [0.4, 0.5) is 4.79 Å². The maximum absolute atomic E-state index is 12.4. The highest BCUT2D eigenvalue weighted by molar-refractivity contribution is 7.90. The normalized spacial score (nSPS) is 14.6. The number of carbonyl (C=O) groups is 2. The molecule has 0 bridgehead atoms. The SMILES string of the molecule is COc1ccsc1C(=O)NCCc1ccc(S(=O)(=O)NC(=O)NN2CCCCC2)cc1. The van der Waals surface area contributed by atoms with Gasteiger partial charge in [-0.15, -0.1) is 11.3 Å². The van der Waals surface area contributed by atoms with Gasteiger partial charge in [0.15, 0.2) is 0 Å². The molecule has 0 unspecified atom stereocenters. The van der Waals surface area contributed by atoms with Gasteiger partial charge in [-0.1, -0.05) is 18.6 Å². The summed E-state index contributed by atoms with van der Waals surface area (Å²) >= 11 is 1.30. The highest BCUT2D eigenvalue weighted by Crippen LogP contribution is 2.24. The quantitative estimate of drug-likeness (QED) is 0.549. The molecule has 1 fully saturated rings. The number of ether oxygens (including phenoxy) is 1. The second-order valence-corrected chi connectivity index (χ2v) is 9.66. The minimum atomic E-state index is -3.97. The van der Waals surface area contributed by atoms with Gasteiger partial charge in [-0.25, -0.2) is 22.9 Å². The zero-order valence-electron chi connectivity index (χ0n) is 17.2. The molecule has 1 aliphatic rings. The Hall–Kier alpha value is -2.63. The first-order valence-electron chi connectivity index (χ1n) is 9.96. The molecule has 1 aromatic heterocycles. The summed E-state index contributed by atoms with van der Waals surface area (Å²) in [5, 5.41) is 6.33. The molecule has 168 valence electrons. The molecule has 2 aromatic rings. The number of rotatable bonds is 8. The van der Waals surface area contributed by atoms with Crippen molar-refractivity contribution in [3.8, 4) is 5.75 Å². The molecule has 9 nitrogen and oxygen atoms in total. The fourth-order valence-corrected chi connectivity index (χ4v) is 4.89. The lowest BCUT2D eigenvalue weighted by molar-refractivity contribution is 0.0955. The van der Waals surface area contributed by atoms with E-state index >= 15 is 0 Å². The molecule has 0 saturated carbocycles. The predicted octanol–water partition coefficient (Wildman–Crippen LogP) is 2.12. The number of carbonyl (C=O) groups excluding carboxylic acids is 2. The molecule has 0 aliphatic carbocycles. The van der Waals surface area contributed by atoms with Crippen molar-refractivity contribution in [1.29, 1.82) is 0 Å². The van der Waals surface area contributed by atoms with Gasteiger partial charge in [0.05, 0.1) is 12.0 Å². The fourth-order valence-electron chi connectivity index (χ4n) is 3.21. The summed E-state index contributed by atoms with van der Waals surface area (Å²) in [7, 11) is -2.45. The third-order valence-corrected chi connectivity index (χ3v) is 7.07. The van der Waals surface area contributed by atoms with Crippen LogP contribution in [0.2, 0.25) is 0 Å². The van der Waals surface area contributed by atoms with E-state index in [9.17, 15) is 18.0 Å². The zero-order chi connectivity index (χ0) is 22.3. The van der Waals surface area contributed by atoms with Gasteiger partial charge in [0.25, 0.3) is 15.9 Å². The van der Waals surface area contributed by atoms with Crippen LogP contribution in [0.5, 0.6) is 5.75 Å². The summed E-state index contributed by atoms with van der Waals surface area (Å²) in [6.07, 6.45) is 3.57. The maximum atomic E-state index is 12.4. The van der Waals surface area contributed by atoms with Crippen LogP contribution in [0.3, 0.4) is 0 Å². The monoisotopic (exact) mass is 466 g/mol. The van der Waals surface area contributed by atoms with Gasteiger partial charge in [-0.05, 0) is 48.4 Å². The third-order valence-electron chi connectivity index (χ3n) is 4.83. The number of methoxy groups -OCH3 is 1. The Morgan fingerprint density at radius 2 is 1.81 bits per heavy atom. The number of amides is 3. The van der Waals surface area contributed by atoms with Crippen LogP contribution in [-0.4, -0.2) is 52.1 Å². The maximum Gasteiger partial charge on any atom is 0.343 e. The Morgan fingerprint density at radius 3 is 2.48 bits per heavy atom. The van der Waals surface area contributed by atoms with Crippen molar-refractivity contribution in [3.63, 3.8) is 0 Å². The Labute approximate surface area is 185 Å². The smallest absolute Gasteiger partial charge is 0.343 e. The number of nitrogens with zero attached hydrogens (tertiary/aromatic N) is 1. The topological polar surface area (TPSA) is 117 Å². The van der Waals surface area contributed by atoms with Crippen LogP contribution in [0.15, 0.2) is 40.6 Å². The van der Waals surface area contributed by atoms with Gasteiger partial charge < -0.3 is 10.1 Å². The van der Waals surface area contributed by atoms with Crippen LogP contribution >= 0.6 is 11.3 Å². The number of hydrogen-bond acceptors (Lipinski definition) is 7. The van der Waals surface area contributed by atoms with E-state index in [1.807, 2.05) is 4.72 Å². The van der Waals surface area contributed by atoms with E-state index in [0.29, 0.717) is 36.7 Å². The molecule has 11 heteroatoms. The van der Waals surface area contributed by atoms with Crippen LogP contribution in [-0.2, 0) is 16.4 Å². The summed E-state index contributed by atoms with van der Waals surface area (Å²) in [6, 6.07) is 7.17. The van der Waals surface area contributed by atoms with Crippen molar-refractivity contribution < 1.29 is 22.7 Å². The Morgan fingerprint density at radius 1 is 1.10 bits per heavy atom. The summed E-state index contributed by atoms with van der Waals surface area (Å²) in [5.74, 6) is 0.323. The molecular weight excluding hydrogens is 440 g/mol. The van der Waals surface area contributed by atoms with Gasteiger partial charge in [0, 0.05) is 19.6 Å². The van der Waals surface area contributed by atoms with Crippen LogP contribution in [0.25, 0.3) is 0 Å². The van der Waals surface area contributed by atoms with E-state index in [1.54, 1.807) is 28.6 Å². The number of hydrogen-bond donors (Lipinski definition) is 3. The van der Waals surface area contributed by atoms with E-state index in [2.05, 4.69) is 10.7 Å². The van der Waals surface area contributed by atoms with Crippen molar-refractivity contribution in [1.82, 2.24) is 20.5 Å². The van der Waals surface area contributed by atoms with E-state index in [1.165, 1.54) is 30.6 Å². The van der Waals surface area contributed by atoms with Gasteiger partial charge in [0.1, 0.15) is 10.6 Å². The molecule has 3 rings (SSSR count). The lowest BCUT2D eigenvalue weighted by atomic mass is 10.1. The molecule has 1 saturated heterocycles. The lowest BCUT2D eigenvalue weighted by Gasteiger charge is -2.26. The van der Waals surface area contributed by atoms with Crippen LogP contribution in [0, 0.1) is 0 Å². The van der Waals surface area contributed by atoms with Gasteiger partial charge in [0.2, 0.25) is 0 Å². The molecule has 1 aromatic carbocycles. The number of thiophene rings is 1. The molecule has 2 heterocycles. The summed E-state index contributed by atoms with van der Waals surface area (Å²) in [5.41, 5.74) is 3.43. The second kappa shape index (κ2) is 10.6. The number of urea groups is 1. The van der Waals surface area contributed by atoms with Crippen molar-refractivity contribution in [3.05, 3.63) is 46.2 Å². The molecule has 0 radical (unpaired) electrons. The van der Waals surface area contributed by atoms with Gasteiger partial charge >= 0.3 is 6.03 Å². The second-order valence-electron chi connectivity index (χ2n) is 7.06. The van der Waals surface area contributed by atoms with Crippen molar-refractivity contribution in [2.75, 3.05) is 26.7 Å². The van der Waals surface area contributed by atoms with E-state index in [4.69, 9.17) is 4.74 Å². The number of sulfonamides is 1. The van der Waals surface area contributed by atoms with Gasteiger partial charge in [-0.3, -0.25) is 10.2 Å². The summed E-state index contributed by atoms with van der Waals surface area (Å²) in [4.78, 5) is 24.7. The van der Waals surface area contributed by atoms with Crippen molar-refractivity contribution in [2.24, 2.45) is 0 Å². The van der Waals surface area contributed by atoms with Crippen LogP contribution < -0.4 is 20.2 Å². The highest BCUT2D eigenvalue weighted by atomic mass is 32.2. The first-order valence-corrected chi connectivity index (χ1v) is 12.3. The third kappa shape index (κ3) is 6.42. The molecule has 1 aliphatic heterocycles. The zero-order valence-corrected chi connectivity index (χ0v) is 18.9. The molecule has 0 spiro atoms. The van der Waals surface area contributed by atoms with Crippen molar-refractivity contribution in [2.45, 2.75) is 30.6 Å². The average Bonchev–Trinajstić information content (AvgIpc) is 3.23. The Bertz CT molecular complexity index is 999. The highest BCUT2D eigenvalue weighted by Gasteiger charge is 2.20. The number of benzene rings is 1. The summed E-state index contributed by atoms with van der Waals surface area (Å²) < 4.78 is 32.0. The number of piperidine rings is 1. The van der Waals surface area contributed by atoms with E-state index in [-0.39, 0.29) is 10.8 Å². The molecule has 0 atom stereocenters. The Kier molecular flexibility index (Phi) is 7.88. The summed E-state index contributed by atoms with van der Waals surface area (Å²) in [6.45, 7) is 1.80. The fraction of sp³-hybridized carbons (Fsp3) is 0.400. The minimum absolute atomic E-state index is 0.00241. The van der Waals surface area contributed by atoms with E-state index < -0.39 is 16.1 Å². The Balaban J connectivity index is 1.49. The molecule has 3 N–H and O–H groups in total. The lowest BCUT2D eigenvalue weighted by Crippen LogP contribution is -2.50. The number of hydrazine groups is 1. The van der Waals surface area contributed by atoms with Crippen LogP contribution in [0.1, 0.15) is 34.5 Å². The van der Waals surface area contributed by atoms with E-state index in [0.717, 1.165) is 24.8 Å². The molecule has 31 heavy (non-hydrogen) atoms. The predicted molar refractivity (Wildman–Crippen MR) is 118 cm³/mol. The first-order chi connectivity index (χ1) is 14.9. The average molecular weight is 467 g/mol. The first kappa shape index (κ1) is 23.0.